The van der Waals surface area contributed by atoms with Gasteiger partial charge in [-0.25, -0.2) is 4.98 Å². The molecule has 1 aromatic heterocycles. The first-order valence-electron chi connectivity index (χ1n) is 5.81. The summed E-state index contributed by atoms with van der Waals surface area (Å²) >= 11 is 9.38. The van der Waals surface area contributed by atoms with Gasteiger partial charge in [0.25, 0.3) is 0 Å². The van der Waals surface area contributed by atoms with Crippen LogP contribution >= 0.6 is 27.5 Å². The van der Waals surface area contributed by atoms with Crippen molar-refractivity contribution in [1.29, 1.82) is 0 Å². The van der Waals surface area contributed by atoms with Gasteiger partial charge in [-0.3, -0.25) is 0 Å². The number of nitrogens with one attached hydrogen (secondary N) is 1. The zero-order chi connectivity index (χ0) is 13.0. The van der Waals surface area contributed by atoms with E-state index < -0.39 is 0 Å². The van der Waals surface area contributed by atoms with Crippen LogP contribution in [0.3, 0.4) is 0 Å². The third-order valence-electron chi connectivity index (χ3n) is 2.52. The Kier molecular flexibility index (Phi) is 4.80. The average molecular weight is 330 g/mol. The molecule has 2 rings (SSSR count). The Hall–Kier alpha value is -0.840. The van der Waals surface area contributed by atoms with E-state index >= 15 is 0 Å². The highest BCUT2D eigenvalue weighted by atomic mass is 79.9. The molecule has 0 aliphatic heterocycles. The molecule has 0 saturated carbocycles. The lowest BCUT2D eigenvalue weighted by Crippen LogP contribution is -2.16. The summed E-state index contributed by atoms with van der Waals surface area (Å²) in [5.74, 6) is 1.50. The normalized spacial score (nSPS) is 10.8. The van der Waals surface area contributed by atoms with Gasteiger partial charge in [-0.2, -0.15) is 0 Å². The highest BCUT2D eigenvalue weighted by Gasteiger charge is 2.09. The van der Waals surface area contributed by atoms with Crippen LogP contribution in [0.2, 0.25) is 5.02 Å². The molecule has 0 saturated heterocycles. The molecule has 0 fully saturated rings. The largest absolute Gasteiger partial charge is 0.441 e. The Labute approximate surface area is 120 Å². The molecule has 2 aromatic rings. The summed E-state index contributed by atoms with van der Waals surface area (Å²) in [4.78, 5) is 4.27. The van der Waals surface area contributed by atoms with Crippen molar-refractivity contribution in [3.8, 4) is 11.3 Å². The highest BCUT2D eigenvalue weighted by molar-refractivity contribution is 9.10. The van der Waals surface area contributed by atoms with E-state index in [0.29, 0.717) is 5.02 Å². The summed E-state index contributed by atoms with van der Waals surface area (Å²) in [5.41, 5.74) is 0.960. The topological polar surface area (TPSA) is 38.1 Å². The van der Waals surface area contributed by atoms with Crippen molar-refractivity contribution in [2.45, 2.75) is 13.3 Å². The molecule has 0 atom stereocenters. The van der Waals surface area contributed by atoms with E-state index in [2.05, 4.69) is 33.2 Å². The molecule has 1 N–H and O–H groups in total. The molecular formula is C13H14BrClN2O. The van der Waals surface area contributed by atoms with Gasteiger partial charge in [-0.15, -0.1) is 0 Å². The van der Waals surface area contributed by atoms with Crippen LogP contribution in [0.5, 0.6) is 0 Å². The Morgan fingerprint density at radius 3 is 3.00 bits per heavy atom. The lowest BCUT2D eigenvalue weighted by molar-refractivity contribution is 0.497. The van der Waals surface area contributed by atoms with Gasteiger partial charge in [0.2, 0.25) is 0 Å². The summed E-state index contributed by atoms with van der Waals surface area (Å²) in [6, 6.07) is 5.60. The Balaban J connectivity index is 2.13. The van der Waals surface area contributed by atoms with Gasteiger partial charge >= 0.3 is 0 Å². The van der Waals surface area contributed by atoms with Crippen LogP contribution in [0.15, 0.2) is 33.3 Å². The van der Waals surface area contributed by atoms with E-state index in [-0.39, 0.29) is 0 Å². The molecule has 0 bridgehead atoms. The first-order chi connectivity index (χ1) is 8.70. The van der Waals surface area contributed by atoms with Gasteiger partial charge in [0.05, 0.1) is 6.20 Å². The molecule has 0 spiro atoms. The molecular weight excluding hydrogens is 316 g/mol. The molecule has 18 heavy (non-hydrogen) atoms. The maximum Gasteiger partial charge on any atom is 0.196 e. The Bertz CT molecular complexity index is 527. The monoisotopic (exact) mass is 328 g/mol. The van der Waals surface area contributed by atoms with Crippen LogP contribution in [0.4, 0.5) is 0 Å². The maximum atomic E-state index is 5.91. The SMILES string of the molecule is CCNCCc1ncc(-c2ccc(Cl)cc2Br)o1. The smallest absolute Gasteiger partial charge is 0.196 e. The third-order valence-corrected chi connectivity index (χ3v) is 3.41. The van der Waals surface area contributed by atoms with Gasteiger partial charge < -0.3 is 9.73 Å². The molecule has 0 unspecified atom stereocenters. The number of hydrogen-bond acceptors (Lipinski definition) is 3. The molecule has 0 aliphatic rings. The van der Waals surface area contributed by atoms with Gasteiger partial charge in [-0.1, -0.05) is 18.5 Å². The zero-order valence-corrected chi connectivity index (χ0v) is 12.4. The molecule has 0 radical (unpaired) electrons. The van der Waals surface area contributed by atoms with Crippen LogP contribution in [0, 0.1) is 0 Å². The number of rotatable bonds is 5. The van der Waals surface area contributed by atoms with Crippen molar-refractivity contribution >= 4 is 27.5 Å². The second-order valence-corrected chi connectivity index (χ2v) is 5.14. The summed E-state index contributed by atoms with van der Waals surface area (Å²) in [7, 11) is 0. The van der Waals surface area contributed by atoms with Crippen LogP contribution in [-0.2, 0) is 6.42 Å². The predicted molar refractivity (Wildman–Crippen MR) is 76.9 cm³/mol. The molecule has 0 aliphatic carbocycles. The average Bonchev–Trinajstić information content (AvgIpc) is 2.78. The van der Waals surface area contributed by atoms with Crippen LogP contribution in [0.25, 0.3) is 11.3 Å². The van der Waals surface area contributed by atoms with Gasteiger partial charge in [0.1, 0.15) is 0 Å². The van der Waals surface area contributed by atoms with E-state index in [0.717, 1.165) is 41.2 Å². The first-order valence-corrected chi connectivity index (χ1v) is 6.98. The van der Waals surface area contributed by atoms with Crippen molar-refractivity contribution in [1.82, 2.24) is 10.3 Å². The van der Waals surface area contributed by atoms with Crippen molar-refractivity contribution in [2.24, 2.45) is 0 Å². The number of oxazole rings is 1. The molecule has 1 aromatic carbocycles. The maximum absolute atomic E-state index is 5.91. The third kappa shape index (κ3) is 3.34. The molecule has 96 valence electrons. The number of likely N-dealkylation sites (N-methyl/N-ethyl adjacent to an activating group) is 1. The number of hydrogen-bond donors (Lipinski definition) is 1. The van der Waals surface area contributed by atoms with E-state index in [1.807, 2.05) is 18.2 Å². The van der Waals surface area contributed by atoms with Crippen LogP contribution < -0.4 is 5.32 Å². The summed E-state index contributed by atoms with van der Waals surface area (Å²) in [6.07, 6.45) is 2.54. The van der Waals surface area contributed by atoms with Gasteiger partial charge in [-0.05, 0) is 40.7 Å². The van der Waals surface area contributed by atoms with E-state index in [1.54, 1.807) is 6.20 Å². The number of benzene rings is 1. The molecule has 1 heterocycles. The van der Waals surface area contributed by atoms with Crippen molar-refractivity contribution in [3.05, 3.63) is 39.8 Å². The second kappa shape index (κ2) is 6.36. The van der Waals surface area contributed by atoms with Crippen molar-refractivity contribution in [2.75, 3.05) is 13.1 Å². The van der Waals surface area contributed by atoms with Gasteiger partial charge in [0, 0.05) is 28.0 Å². The van der Waals surface area contributed by atoms with E-state index in [4.69, 9.17) is 16.0 Å². The molecule has 3 nitrogen and oxygen atoms in total. The number of aromatic nitrogens is 1. The predicted octanol–water partition coefficient (Wildman–Crippen LogP) is 3.91. The highest BCUT2D eigenvalue weighted by Crippen LogP contribution is 2.30. The summed E-state index contributed by atoms with van der Waals surface area (Å²) < 4.78 is 6.62. The first kappa shape index (κ1) is 13.6. The lowest BCUT2D eigenvalue weighted by atomic mass is 10.2. The fourth-order valence-corrected chi connectivity index (χ4v) is 2.49. The standard InChI is InChI=1S/C13H14BrClN2O/c1-2-16-6-5-13-17-8-12(18-13)10-4-3-9(15)7-11(10)14/h3-4,7-8,16H,2,5-6H2,1H3. The summed E-state index contributed by atoms with van der Waals surface area (Å²) in [6.45, 7) is 3.90. The fraction of sp³-hybridized carbons (Fsp3) is 0.308. The van der Waals surface area contributed by atoms with Gasteiger partial charge in [0.15, 0.2) is 11.7 Å². The Morgan fingerprint density at radius 2 is 2.28 bits per heavy atom. The quantitative estimate of drug-likeness (QED) is 0.845. The second-order valence-electron chi connectivity index (χ2n) is 3.85. The number of nitrogens with zero attached hydrogens (tertiary/aromatic N) is 1. The fourth-order valence-electron chi connectivity index (χ4n) is 1.61. The minimum atomic E-state index is 0.692. The zero-order valence-electron chi connectivity index (χ0n) is 10.0. The van der Waals surface area contributed by atoms with Crippen molar-refractivity contribution < 1.29 is 4.42 Å². The molecule has 5 heteroatoms. The lowest BCUT2D eigenvalue weighted by Gasteiger charge is -2.01. The molecule has 0 amide bonds. The van der Waals surface area contributed by atoms with Crippen LogP contribution in [0.1, 0.15) is 12.8 Å². The number of halogens is 2. The minimum absolute atomic E-state index is 0.692. The summed E-state index contributed by atoms with van der Waals surface area (Å²) in [5, 5.41) is 3.93. The Morgan fingerprint density at radius 1 is 1.44 bits per heavy atom. The van der Waals surface area contributed by atoms with E-state index in [1.165, 1.54) is 0 Å². The van der Waals surface area contributed by atoms with E-state index in [9.17, 15) is 0 Å². The van der Waals surface area contributed by atoms with Crippen molar-refractivity contribution in [3.63, 3.8) is 0 Å². The minimum Gasteiger partial charge on any atom is -0.441 e. The van der Waals surface area contributed by atoms with Crippen LogP contribution in [-0.4, -0.2) is 18.1 Å².